The van der Waals surface area contributed by atoms with E-state index in [0.29, 0.717) is 0 Å². The van der Waals surface area contributed by atoms with Gasteiger partial charge in [0, 0.05) is 22.1 Å². The first-order chi connectivity index (χ1) is 27.7. The first-order valence-electron chi connectivity index (χ1n) is 19.1. The number of benzene rings is 8. The van der Waals surface area contributed by atoms with Crippen LogP contribution >= 0.6 is 0 Å². The highest BCUT2D eigenvalue weighted by molar-refractivity contribution is 6.17. The summed E-state index contributed by atoms with van der Waals surface area (Å²) >= 11 is 0. The molecule has 56 heavy (non-hydrogen) atoms. The van der Waals surface area contributed by atoms with Crippen LogP contribution in [-0.4, -0.2) is 9.97 Å². The van der Waals surface area contributed by atoms with E-state index >= 15 is 0 Å². The summed E-state index contributed by atoms with van der Waals surface area (Å²) in [6.07, 6.45) is 0. The predicted octanol–water partition coefficient (Wildman–Crippen LogP) is 14.5. The standard InChI is InChI=1S/C54H36N2/c1-5-15-37(16-6-1)43-23-13-24-44(33-43)52-35-45(34-51(56-52)41-19-9-3-10-20-41)38-27-29-40(30-28-38)46-25-14-26-48-47(46)31-32-50-54(48)49(39-17-7-2-8-18-39)36-53(55-50)42-21-11-4-12-22-42/h1-36H. The minimum absolute atomic E-state index is 0.947. The lowest BCUT2D eigenvalue weighted by atomic mass is 9.91. The van der Waals surface area contributed by atoms with E-state index in [2.05, 4.69) is 206 Å². The number of nitrogens with zero attached hydrogens (tertiary/aromatic N) is 2. The van der Waals surface area contributed by atoms with Gasteiger partial charge in [-0.3, -0.25) is 0 Å². The van der Waals surface area contributed by atoms with Crippen molar-refractivity contribution in [3.63, 3.8) is 0 Å². The van der Waals surface area contributed by atoms with Crippen molar-refractivity contribution in [2.75, 3.05) is 0 Å². The Bertz CT molecular complexity index is 2970. The summed E-state index contributed by atoms with van der Waals surface area (Å²) in [7, 11) is 0. The minimum atomic E-state index is 0.947. The third-order valence-corrected chi connectivity index (χ3v) is 10.7. The fraction of sp³-hybridized carbons (Fsp3) is 0. The third kappa shape index (κ3) is 6.34. The van der Waals surface area contributed by atoms with Crippen molar-refractivity contribution in [2.24, 2.45) is 0 Å². The van der Waals surface area contributed by atoms with E-state index in [1.807, 2.05) is 12.1 Å². The van der Waals surface area contributed by atoms with Crippen molar-refractivity contribution in [3.8, 4) is 78.3 Å². The lowest BCUT2D eigenvalue weighted by molar-refractivity contribution is 1.32. The smallest absolute Gasteiger partial charge is 0.0722 e. The molecule has 10 aromatic rings. The van der Waals surface area contributed by atoms with Crippen molar-refractivity contribution < 1.29 is 0 Å². The maximum atomic E-state index is 5.20. The second-order valence-corrected chi connectivity index (χ2v) is 14.2. The molecule has 2 nitrogen and oxygen atoms in total. The summed E-state index contributed by atoms with van der Waals surface area (Å²) in [5.41, 5.74) is 16.5. The highest BCUT2D eigenvalue weighted by atomic mass is 14.7. The fourth-order valence-corrected chi connectivity index (χ4v) is 7.88. The molecule has 0 radical (unpaired) electrons. The maximum Gasteiger partial charge on any atom is 0.0722 e. The lowest BCUT2D eigenvalue weighted by Gasteiger charge is -2.15. The number of rotatable bonds is 7. The molecule has 10 rings (SSSR count). The van der Waals surface area contributed by atoms with Crippen LogP contribution in [0.25, 0.3) is 100.0 Å². The first-order valence-corrected chi connectivity index (χ1v) is 19.1. The van der Waals surface area contributed by atoms with Gasteiger partial charge in [0.15, 0.2) is 0 Å². The van der Waals surface area contributed by atoms with Gasteiger partial charge in [0.25, 0.3) is 0 Å². The summed E-state index contributed by atoms with van der Waals surface area (Å²) < 4.78 is 0. The monoisotopic (exact) mass is 712 g/mol. The summed E-state index contributed by atoms with van der Waals surface area (Å²) in [5.74, 6) is 0. The van der Waals surface area contributed by atoms with Crippen molar-refractivity contribution in [1.29, 1.82) is 0 Å². The second-order valence-electron chi connectivity index (χ2n) is 14.2. The van der Waals surface area contributed by atoms with E-state index in [1.165, 1.54) is 49.5 Å². The summed E-state index contributed by atoms with van der Waals surface area (Å²) in [5, 5.41) is 3.56. The van der Waals surface area contributed by atoms with E-state index in [9.17, 15) is 0 Å². The van der Waals surface area contributed by atoms with E-state index in [0.717, 1.165) is 50.4 Å². The van der Waals surface area contributed by atoms with Crippen LogP contribution in [0.5, 0.6) is 0 Å². The lowest BCUT2D eigenvalue weighted by Crippen LogP contribution is -1.92. The van der Waals surface area contributed by atoms with Gasteiger partial charge in [0.05, 0.1) is 22.6 Å². The van der Waals surface area contributed by atoms with Crippen LogP contribution in [0.3, 0.4) is 0 Å². The number of hydrogen-bond donors (Lipinski definition) is 0. The zero-order valence-corrected chi connectivity index (χ0v) is 30.7. The maximum absolute atomic E-state index is 5.20. The molecular weight excluding hydrogens is 677 g/mol. The Hall–Kier alpha value is -7.42. The molecule has 2 aromatic heterocycles. The van der Waals surface area contributed by atoms with Crippen LogP contribution in [0, 0.1) is 0 Å². The Morgan fingerprint density at radius 3 is 1.38 bits per heavy atom. The quantitative estimate of drug-likeness (QED) is 0.154. The SMILES string of the molecule is c1ccc(-c2cccc(-c3cc(-c4ccc(-c5cccc6c5ccc5nc(-c7ccccc7)cc(-c7ccccc7)c56)cc4)cc(-c4ccccc4)n3)c2)cc1. The van der Waals surface area contributed by atoms with Crippen molar-refractivity contribution in [1.82, 2.24) is 9.97 Å². The molecule has 0 fully saturated rings. The third-order valence-electron chi connectivity index (χ3n) is 10.7. The minimum Gasteiger partial charge on any atom is -0.248 e. The Kier molecular flexibility index (Phi) is 8.55. The van der Waals surface area contributed by atoms with Crippen LogP contribution in [0.15, 0.2) is 218 Å². The summed E-state index contributed by atoms with van der Waals surface area (Å²) in [6, 6.07) is 77.5. The van der Waals surface area contributed by atoms with Gasteiger partial charge < -0.3 is 0 Å². The Morgan fingerprint density at radius 1 is 0.232 bits per heavy atom. The topological polar surface area (TPSA) is 25.8 Å². The van der Waals surface area contributed by atoms with E-state index in [4.69, 9.17) is 9.97 Å². The number of hydrogen-bond acceptors (Lipinski definition) is 2. The van der Waals surface area contributed by atoms with Gasteiger partial charge in [-0.2, -0.15) is 0 Å². The van der Waals surface area contributed by atoms with Gasteiger partial charge in [-0.1, -0.05) is 188 Å². The molecule has 0 amide bonds. The zero-order chi connectivity index (χ0) is 37.3. The highest BCUT2D eigenvalue weighted by Crippen LogP contribution is 2.40. The van der Waals surface area contributed by atoms with Crippen LogP contribution in [0.1, 0.15) is 0 Å². The molecule has 0 aliphatic carbocycles. The molecule has 0 atom stereocenters. The number of fused-ring (bicyclic) bond motifs is 3. The molecular formula is C54H36N2. The highest BCUT2D eigenvalue weighted by Gasteiger charge is 2.16. The molecule has 2 heterocycles. The van der Waals surface area contributed by atoms with Gasteiger partial charge in [-0.05, 0) is 85.6 Å². The summed E-state index contributed by atoms with van der Waals surface area (Å²) in [4.78, 5) is 10.4. The molecule has 0 saturated heterocycles. The normalized spacial score (nSPS) is 11.2. The molecule has 262 valence electrons. The average Bonchev–Trinajstić information content (AvgIpc) is 3.29. The van der Waals surface area contributed by atoms with Crippen molar-refractivity contribution in [3.05, 3.63) is 218 Å². The number of aromatic nitrogens is 2. The molecule has 8 aromatic carbocycles. The molecule has 0 bridgehead atoms. The van der Waals surface area contributed by atoms with E-state index < -0.39 is 0 Å². The fourth-order valence-electron chi connectivity index (χ4n) is 7.88. The van der Waals surface area contributed by atoms with E-state index in [-0.39, 0.29) is 0 Å². The molecule has 0 N–H and O–H groups in total. The van der Waals surface area contributed by atoms with Crippen LogP contribution in [0.4, 0.5) is 0 Å². The van der Waals surface area contributed by atoms with Crippen LogP contribution < -0.4 is 0 Å². The van der Waals surface area contributed by atoms with Gasteiger partial charge in [0.2, 0.25) is 0 Å². The molecule has 0 aliphatic heterocycles. The Balaban J connectivity index is 1.07. The van der Waals surface area contributed by atoms with Gasteiger partial charge >= 0.3 is 0 Å². The Labute approximate surface area is 327 Å². The number of pyridine rings is 2. The van der Waals surface area contributed by atoms with Crippen molar-refractivity contribution >= 4 is 21.7 Å². The predicted molar refractivity (Wildman–Crippen MR) is 235 cm³/mol. The molecule has 0 aliphatic rings. The van der Waals surface area contributed by atoms with Crippen LogP contribution in [0.2, 0.25) is 0 Å². The van der Waals surface area contributed by atoms with E-state index in [1.54, 1.807) is 0 Å². The zero-order valence-electron chi connectivity index (χ0n) is 30.7. The molecule has 0 saturated carbocycles. The van der Waals surface area contributed by atoms with Gasteiger partial charge in [-0.25, -0.2) is 9.97 Å². The van der Waals surface area contributed by atoms with Gasteiger partial charge in [0.1, 0.15) is 0 Å². The molecule has 0 spiro atoms. The van der Waals surface area contributed by atoms with Gasteiger partial charge in [-0.15, -0.1) is 0 Å². The average molecular weight is 713 g/mol. The Morgan fingerprint density at radius 2 is 0.714 bits per heavy atom. The first kappa shape index (κ1) is 33.2. The second kappa shape index (κ2) is 14.4. The molecule has 2 heteroatoms. The van der Waals surface area contributed by atoms with Crippen LogP contribution in [-0.2, 0) is 0 Å². The summed E-state index contributed by atoms with van der Waals surface area (Å²) in [6.45, 7) is 0. The largest absolute Gasteiger partial charge is 0.248 e. The van der Waals surface area contributed by atoms with Crippen molar-refractivity contribution in [2.45, 2.75) is 0 Å². The molecule has 0 unspecified atom stereocenters.